The van der Waals surface area contributed by atoms with E-state index < -0.39 is 0 Å². The zero-order chi connectivity index (χ0) is 52.5. The van der Waals surface area contributed by atoms with Gasteiger partial charge in [-0.05, 0) is 59.3 Å². The van der Waals surface area contributed by atoms with Gasteiger partial charge in [-0.2, -0.15) is 0 Å². The number of benzene rings is 4. The first-order valence-corrected chi connectivity index (χ1v) is 25.5. The molecule has 0 radical (unpaired) electrons. The molecule has 0 aliphatic carbocycles. The molecule has 0 fully saturated rings. The van der Waals surface area contributed by atoms with Crippen LogP contribution < -0.4 is 0 Å². The van der Waals surface area contributed by atoms with E-state index in [0.717, 1.165) is 23.3 Å². The molecule has 4 aromatic rings. The highest BCUT2D eigenvalue weighted by molar-refractivity contribution is 5.45. The fraction of sp³-hybridized carbons (Fsp3) is 0.485. The van der Waals surface area contributed by atoms with Crippen LogP contribution in [0.25, 0.3) is 0 Å². The van der Waals surface area contributed by atoms with Crippen LogP contribution in [0.1, 0.15) is 210 Å². The van der Waals surface area contributed by atoms with Crippen molar-refractivity contribution in [2.75, 3.05) is 0 Å². The van der Waals surface area contributed by atoms with Crippen LogP contribution in [0.5, 0.6) is 0 Å². The van der Waals surface area contributed by atoms with Gasteiger partial charge in [-0.15, -0.1) is 6.42 Å². The molecule has 1 unspecified atom stereocenters. The van der Waals surface area contributed by atoms with Crippen LogP contribution in [0.4, 0.5) is 0 Å². The maximum Gasteiger partial charge on any atom is 0.0199 e. The third kappa shape index (κ3) is 48.8. The number of allylic oxidation sites excluding steroid dienone is 4. The van der Waals surface area contributed by atoms with Crippen molar-refractivity contribution in [3.05, 3.63) is 193 Å². The number of hydrogen-bond donors (Lipinski definition) is 0. The van der Waals surface area contributed by atoms with Crippen molar-refractivity contribution in [2.24, 2.45) is 23.2 Å². The maximum atomic E-state index is 4.86. The van der Waals surface area contributed by atoms with Gasteiger partial charge in [-0.1, -0.05) is 334 Å². The average molecular weight is 902 g/mol. The minimum Gasteiger partial charge on any atom is -0.115 e. The summed E-state index contributed by atoms with van der Waals surface area (Å²) in [4.78, 5) is 0. The summed E-state index contributed by atoms with van der Waals surface area (Å²) in [6.07, 6.45) is 14.6. The Morgan fingerprint density at radius 2 is 0.727 bits per heavy atom. The smallest absolute Gasteiger partial charge is 0.0199 e. The van der Waals surface area contributed by atoms with Crippen LogP contribution in [0.15, 0.2) is 165 Å². The van der Waals surface area contributed by atoms with Crippen molar-refractivity contribution in [1.29, 1.82) is 0 Å². The summed E-state index contributed by atoms with van der Waals surface area (Å²) in [5.41, 5.74) is 8.88. The lowest BCUT2D eigenvalue weighted by Crippen LogP contribution is -2.14. The molecule has 0 aliphatic heterocycles. The minimum atomic E-state index is 0.261. The van der Waals surface area contributed by atoms with E-state index in [0.29, 0.717) is 11.0 Å². The highest BCUT2D eigenvalue weighted by Crippen LogP contribution is 2.42. The number of aryl methyl sites for hydroxylation is 1. The molecule has 0 heterocycles. The summed E-state index contributed by atoms with van der Waals surface area (Å²) in [7, 11) is 0. The van der Waals surface area contributed by atoms with E-state index in [4.69, 9.17) is 6.42 Å². The topological polar surface area (TPSA) is 0 Å². The SMILES string of the molecule is C#CC(=C)C=C.C=CC(=C)C.CC.CC.CCC.CCC(C)(C)C.CCC(C)C.CCC(C)C.CCC(C)C.Cc1ccc(C(c2ccccc2)C(c2ccccc2)c2ccccc2)cc1. The Labute approximate surface area is 415 Å². The van der Waals surface area contributed by atoms with Gasteiger partial charge in [-0.3, -0.25) is 0 Å². The largest absolute Gasteiger partial charge is 0.115 e. The van der Waals surface area contributed by atoms with E-state index in [-0.39, 0.29) is 11.8 Å². The molecular formula is C66H108. The van der Waals surface area contributed by atoms with E-state index >= 15 is 0 Å². The summed E-state index contributed by atoms with van der Waals surface area (Å²) in [5.74, 6) is 5.48. The van der Waals surface area contributed by atoms with Crippen molar-refractivity contribution in [3.8, 4) is 12.3 Å². The highest BCUT2D eigenvalue weighted by atomic mass is 14.3. The Hall–Kier alpha value is -4.60. The molecule has 0 heteroatoms. The van der Waals surface area contributed by atoms with Crippen molar-refractivity contribution in [3.63, 3.8) is 0 Å². The number of rotatable bonds is 10. The lowest BCUT2D eigenvalue weighted by Gasteiger charge is -2.29. The molecule has 1 atom stereocenters. The third-order valence-corrected chi connectivity index (χ3v) is 9.54. The van der Waals surface area contributed by atoms with Gasteiger partial charge in [0.1, 0.15) is 0 Å². The Bertz CT molecular complexity index is 1580. The average Bonchev–Trinajstić information content (AvgIpc) is 3.34. The molecule has 0 bridgehead atoms. The first kappa shape index (κ1) is 73.0. The molecule has 0 spiro atoms. The van der Waals surface area contributed by atoms with Gasteiger partial charge in [0.05, 0.1) is 0 Å². The molecule has 0 aromatic heterocycles. The Balaban J connectivity index is -0.000000189. The highest BCUT2D eigenvalue weighted by Gasteiger charge is 2.27. The molecule has 66 heavy (non-hydrogen) atoms. The first-order chi connectivity index (χ1) is 31.2. The van der Waals surface area contributed by atoms with Gasteiger partial charge in [-0.25, -0.2) is 0 Å². The Morgan fingerprint density at radius 1 is 0.515 bits per heavy atom. The van der Waals surface area contributed by atoms with Gasteiger partial charge in [0.15, 0.2) is 0 Å². The van der Waals surface area contributed by atoms with Crippen LogP contribution in [0.3, 0.4) is 0 Å². The summed E-state index contributed by atoms with van der Waals surface area (Å²) in [6.45, 7) is 59.0. The van der Waals surface area contributed by atoms with E-state index in [2.05, 4.69) is 258 Å². The zero-order valence-electron chi connectivity index (χ0n) is 47.5. The molecule has 0 aliphatic rings. The second-order valence-corrected chi connectivity index (χ2v) is 18.0. The predicted molar refractivity (Wildman–Crippen MR) is 311 cm³/mol. The Morgan fingerprint density at radius 3 is 0.864 bits per heavy atom. The molecule has 0 amide bonds. The second-order valence-electron chi connectivity index (χ2n) is 18.0. The van der Waals surface area contributed by atoms with Crippen LogP contribution >= 0.6 is 0 Å². The first-order valence-electron chi connectivity index (χ1n) is 25.5. The standard InChI is InChI=1S/C27H24.C6H14.C6H6.3C5H12.C5H8.C3H8.2C2H6/c1-21-17-19-25(20-18-21)27(24-15-9-4-10-16-24)26(22-11-5-2-6-12-22)23-13-7-3-8-14-23;1-5-6(2,3)4;1-4-6(3)5-2;4*1-4-5(2)3;1-3-2;2*1-2/h2-20,26-27H,1H3;5H2,1-4H3;1,5H,2-3H2;3*5H,4H2,1-3H3;4H,1-2H2,3H3;3H2,1-2H3;2*1-2H3. The van der Waals surface area contributed by atoms with Crippen molar-refractivity contribution in [2.45, 2.75) is 189 Å². The molecule has 0 N–H and O–H groups in total. The summed E-state index contributed by atoms with van der Waals surface area (Å²) < 4.78 is 0. The van der Waals surface area contributed by atoms with Crippen molar-refractivity contribution in [1.82, 2.24) is 0 Å². The van der Waals surface area contributed by atoms with Crippen LogP contribution in [-0.4, -0.2) is 0 Å². The summed E-state index contributed by atoms with van der Waals surface area (Å²) >= 11 is 0. The molecular weight excluding hydrogens is 793 g/mol. The quantitative estimate of drug-likeness (QED) is 0.110. The van der Waals surface area contributed by atoms with Crippen LogP contribution in [-0.2, 0) is 0 Å². The number of terminal acetylenes is 1. The molecule has 4 rings (SSSR count). The predicted octanol–water partition coefficient (Wildman–Crippen LogP) is 22.1. The van der Waals surface area contributed by atoms with Crippen LogP contribution in [0, 0.1) is 42.4 Å². The monoisotopic (exact) mass is 901 g/mol. The summed E-state index contributed by atoms with van der Waals surface area (Å²) in [6, 6.07) is 41.6. The second kappa shape index (κ2) is 51.4. The maximum absolute atomic E-state index is 4.86. The molecule has 4 aromatic carbocycles. The van der Waals surface area contributed by atoms with Crippen molar-refractivity contribution >= 4 is 0 Å². The summed E-state index contributed by atoms with van der Waals surface area (Å²) in [5, 5.41) is 0. The van der Waals surface area contributed by atoms with Gasteiger partial charge in [0.25, 0.3) is 0 Å². The van der Waals surface area contributed by atoms with E-state index in [1.54, 1.807) is 12.2 Å². The zero-order valence-corrected chi connectivity index (χ0v) is 47.5. The molecule has 0 saturated carbocycles. The van der Waals surface area contributed by atoms with Crippen molar-refractivity contribution < 1.29 is 0 Å². The molecule has 0 saturated heterocycles. The van der Waals surface area contributed by atoms with E-state index in [9.17, 15) is 0 Å². The molecule has 0 nitrogen and oxygen atoms in total. The van der Waals surface area contributed by atoms with Gasteiger partial charge in [0, 0.05) is 17.4 Å². The van der Waals surface area contributed by atoms with Crippen LogP contribution in [0.2, 0.25) is 0 Å². The minimum absolute atomic E-state index is 0.261. The lowest BCUT2D eigenvalue weighted by molar-refractivity contribution is 0.398. The fourth-order valence-corrected chi connectivity index (χ4v) is 3.97. The molecule has 372 valence electrons. The van der Waals surface area contributed by atoms with E-state index in [1.807, 2.05) is 34.6 Å². The Kier molecular flexibility index (Phi) is 56.8. The number of hydrogen-bond acceptors (Lipinski definition) is 0. The van der Waals surface area contributed by atoms with Gasteiger partial charge < -0.3 is 0 Å². The normalized spacial score (nSPS) is 9.70. The van der Waals surface area contributed by atoms with Gasteiger partial charge in [0.2, 0.25) is 0 Å². The van der Waals surface area contributed by atoms with Gasteiger partial charge >= 0.3 is 0 Å². The fourth-order valence-electron chi connectivity index (χ4n) is 3.97. The van der Waals surface area contributed by atoms with E-state index in [1.165, 1.54) is 59.9 Å². The lowest BCUT2D eigenvalue weighted by atomic mass is 9.74. The third-order valence-electron chi connectivity index (χ3n) is 9.54.